The van der Waals surface area contributed by atoms with Crippen LogP contribution in [0.4, 0.5) is 0 Å². The van der Waals surface area contributed by atoms with Crippen molar-refractivity contribution in [2.75, 3.05) is 6.07 Å². The number of halogens is 1. The molecule has 0 amide bonds. The Labute approximate surface area is 73.1 Å². The standard InChI is InChI=1S/C9H15ClO/c10-7-11-9-4-1-8(2-5-9)3-6-9/h8H,1-7H2. The van der Waals surface area contributed by atoms with Crippen LogP contribution in [0.15, 0.2) is 0 Å². The van der Waals surface area contributed by atoms with Crippen molar-refractivity contribution >= 4 is 11.6 Å². The van der Waals surface area contributed by atoms with Crippen LogP contribution in [-0.2, 0) is 4.74 Å². The lowest BCUT2D eigenvalue weighted by atomic mass is 9.68. The predicted octanol–water partition coefficient (Wildman–Crippen LogP) is 2.92. The number of alkyl halides is 1. The highest BCUT2D eigenvalue weighted by Crippen LogP contribution is 2.46. The third-order valence-electron chi connectivity index (χ3n) is 3.39. The first-order valence-corrected chi connectivity index (χ1v) is 5.08. The van der Waals surface area contributed by atoms with Crippen molar-refractivity contribution in [1.29, 1.82) is 0 Å². The number of hydrogen-bond donors (Lipinski definition) is 0. The minimum absolute atomic E-state index is 0.205. The van der Waals surface area contributed by atoms with Crippen molar-refractivity contribution in [2.45, 2.75) is 44.1 Å². The summed E-state index contributed by atoms with van der Waals surface area (Å²) in [5.74, 6) is 1.01. The minimum Gasteiger partial charge on any atom is -0.359 e. The van der Waals surface area contributed by atoms with Gasteiger partial charge in [-0.05, 0) is 44.4 Å². The summed E-state index contributed by atoms with van der Waals surface area (Å²) in [6.45, 7) is 0. The molecule has 3 saturated carbocycles. The van der Waals surface area contributed by atoms with Gasteiger partial charge in [0.15, 0.2) is 0 Å². The fraction of sp³-hybridized carbons (Fsp3) is 1.00. The molecule has 0 radical (unpaired) electrons. The Hall–Kier alpha value is 0.250. The Morgan fingerprint density at radius 3 is 2.18 bits per heavy atom. The lowest BCUT2D eigenvalue weighted by Crippen LogP contribution is -2.42. The molecule has 0 spiro atoms. The fourth-order valence-electron chi connectivity index (χ4n) is 2.54. The second-order valence-corrected chi connectivity index (χ2v) is 4.14. The van der Waals surface area contributed by atoms with E-state index >= 15 is 0 Å². The van der Waals surface area contributed by atoms with Gasteiger partial charge in [-0.2, -0.15) is 0 Å². The Balaban J connectivity index is 2.00. The molecule has 0 aromatic rings. The van der Waals surface area contributed by atoms with Gasteiger partial charge in [-0.1, -0.05) is 11.6 Å². The average molecular weight is 175 g/mol. The first kappa shape index (κ1) is 7.88. The number of fused-ring (bicyclic) bond motifs is 3. The third-order valence-corrected chi connectivity index (χ3v) is 3.49. The summed E-state index contributed by atoms with van der Waals surface area (Å²) in [7, 11) is 0. The summed E-state index contributed by atoms with van der Waals surface area (Å²) in [6, 6.07) is 0.380. The highest BCUT2D eigenvalue weighted by molar-refractivity contribution is 6.17. The van der Waals surface area contributed by atoms with E-state index < -0.39 is 0 Å². The van der Waals surface area contributed by atoms with Gasteiger partial charge in [0.25, 0.3) is 0 Å². The SMILES string of the molecule is ClCOC12CCC(CC1)CC2. The number of ether oxygens (including phenoxy) is 1. The van der Waals surface area contributed by atoms with Crippen LogP contribution in [0.2, 0.25) is 0 Å². The van der Waals surface area contributed by atoms with Crippen molar-refractivity contribution in [3.63, 3.8) is 0 Å². The van der Waals surface area contributed by atoms with E-state index in [0.717, 1.165) is 5.92 Å². The molecule has 0 atom stereocenters. The summed E-state index contributed by atoms with van der Waals surface area (Å²) in [5, 5.41) is 0. The summed E-state index contributed by atoms with van der Waals surface area (Å²) >= 11 is 5.60. The van der Waals surface area contributed by atoms with Crippen LogP contribution in [0.5, 0.6) is 0 Å². The van der Waals surface area contributed by atoms with Crippen LogP contribution in [0.25, 0.3) is 0 Å². The van der Waals surface area contributed by atoms with Crippen LogP contribution in [0.3, 0.4) is 0 Å². The zero-order chi connectivity index (χ0) is 7.73. The van der Waals surface area contributed by atoms with Gasteiger partial charge in [0, 0.05) is 0 Å². The Morgan fingerprint density at radius 1 is 1.18 bits per heavy atom. The molecule has 1 nitrogen and oxygen atoms in total. The second kappa shape index (κ2) is 2.95. The Morgan fingerprint density at radius 2 is 1.73 bits per heavy atom. The average Bonchev–Trinajstić information content (AvgIpc) is 2.07. The summed E-state index contributed by atoms with van der Waals surface area (Å²) in [5.41, 5.74) is 0.205. The van der Waals surface area contributed by atoms with E-state index in [0.29, 0.717) is 6.07 Å². The maximum atomic E-state index is 5.62. The van der Waals surface area contributed by atoms with E-state index in [-0.39, 0.29) is 5.60 Å². The van der Waals surface area contributed by atoms with Crippen molar-refractivity contribution in [1.82, 2.24) is 0 Å². The van der Waals surface area contributed by atoms with Gasteiger partial charge in [0.2, 0.25) is 0 Å². The van der Waals surface area contributed by atoms with E-state index in [1.807, 2.05) is 0 Å². The topological polar surface area (TPSA) is 9.23 Å². The third kappa shape index (κ3) is 1.41. The summed E-state index contributed by atoms with van der Waals surface area (Å²) < 4.78 is 5.62. The molecule has 0 aromatic carbocycles. The van der Waals surface area contributed by atoms with Crippen molar-refractivity contribution in [3.05, 3.63) is 0 Å². The molecule has 3 rings (SSSR count). The fourth-order valence-corrected chi connectivity index (χ4v) is 2.77. The minimum atomic E-state index is 0.205. The van der Waals surface area contributed by atoms with Crippen molar-refractivity contribution in [2.24, 2.45) is 5.92 Å². The number of hydrogen-bond acceptors (Lipinski definition) is 1. The van der Waals surface area contributed by atoms with Gasteiger partial charge in [0.05, 0.1) is 5.60 Å². The van der Waals surface area contributed by atoms with E-state index in [1.165, 1.54) is 38.5 Å². The lowest BCUT2D eigenvalue weighted by Gasteiger charge is -2.45. The van der Waals surface area contributed by atoms with Gasteiger partial charge in [0.1, 0.15) is 6.07 Å². The Kier molecular flexibility index (Phi) is 2.11. The second-order valence-electron chi connectivity index (χ2n) is 3.92. The first-order chi connectivity index (χ1) is 5.35. The van der Waals surface area contributed by atoms with Crippen LogP contribution in [0, 0.1) is 5.92 Å². The van der Waals surface area contributed by atoms with E-state index in [4.69, 9.17) is 16.3 Å². The zero-order valence-corrected chi connectivity index (χ0v) is 7.57. The molecule has 0 N–H and O–H groups in total. The van der Waals surface area contributed by atoms with Crippen LogP contribution >= 0.6 is 11.6 Å². The zero-order valence-electron chi connectivity index (χ0n) is 6.81. The highest BCUT2D eigenvalue weighted by atomic mass is 35.5. The summed E-state index contributed by atoms with van der Waals surface area (Å²) in [4.78, 5) is 0. The molecule has 3 aliphatic rings. The van der Waals surface area contributed by atoms with Crippen LogP contribution < -0.4 is 0 Å². The number of rotatable bonds is 2. The molecule has 0 saturated heterocycles. The highest BCUT2D eigenvalue weighted by Gasteiger charge is 2.40. The predicted molar refractivity (Wildman–Crippen MR) is 45.7 cm³/mol. The van der Waals surface area contributed by atoms with E-state index in [9.17, 15) is 0 Å². The molecule has 2 bridgehead atoms. The first-order valence-electron chi connectivity index (χ1n) is 4.55. The molecule has 0 aromatic heterocycles. The van der Waals surface area contributed by atoms with Gasteiger partial charge >= 0.3 is 0 Å². The molecule has 0 heterocycles. The molecular formula is C9H15ClO. The van der Waals surface area contributed by atoms with E-state index in [2.05, 4.69) is 0 Å². The molecule has 64 valence electrons. The molecule has 0 unspecified atom stereocenters. The van der Waals surface area contributed by atoms with Gasteiger partial charge in [-0.25, -0.2) is 0 Å². The van der Waals surface area contributed by atoms with Crippen LogP contribution in [-0.4, -0.2) is 11.7 Å². The van der Waals surface area contributed by atoms with Crippen molar-refractivity contribution < 1.29 is 4.74 Å². The normalized spacial score (nSPS) is 42.8. The molecular weight excluding hydrogens is 160 g/mol. The monoisotopic (exact) mass is 174 g/mol. The maximum absolute atomic E-state index is 5.62. The lowest BCUT2D eigenvalue weighted by molar-refractivity contribution is -0.0940. The van der Waals surface area contributed by atoms with Crippen LogP contribution in [0.1, 0.15) is 38.5 Å². The Bertz CT molecular complexity index is 119. The summed E-state index contributed by atoms with van der Waals surface area (Å²) in [6.07, 6.45) is 7.88. The van der Waals surface area contributed by atoms with E-state index in [1.54, 1.807) is 0 Å². The van der Waals surface area contributed by atoms with Gasteiger partial charge < -0.3 is 4.74 Å². The quantitative estimate of drug-likeness (QED) is 0.585. The smallest absolute Gasteiger partial charge is 0.121 e. The largest absolute Gasteiger partial charge is 0.359 e. The molecule has 11 heavy (non-hydrogen) atoms. The van der Waals surface area contributed by atoms with Gasteiger partial charge in [-0.15, -0.1) is 0 Å². The van der Waals surface area contributed by atoms with Crippen molar-refractivity contribution in [3.8, 4) is 0 Å². The molecule has 2 heteroatoms. The molecule has 3 fully saturated rings. The molecule has 3 aliphatic carbocycles. The van der Waals surface area contributed by atoms with Gasteiger partial charge in [-0.3, -0.25) is 0 Å². The maximum Gasteiger partial charge on any atom is 0.121 e. The molecule has 0 aliphatic heterocycles.